The Morgan fingerprint density at radius 2 is 0.964 bits per heavy atom. The van der Waals surface area contributed by atoms with E-state index in [-0.39, 0.29) is 0 Å². The summed E-state index contributed by atoms with van der Waals surface area (Å²) in [7, 11) is 0. The number of fused-ring (bicyclic) bond motifs is 6. The molecule has 5 heteroatoms. The second-order valence-corrected chi connectivity index (χ2v) is 14.1. The lowest BCUT2D eigenvalue weighted by Crippen LogP contribution is -2.03. The summed E-state index contributed by atoms with van der Waals surface area (Å²) in [5.41, 5.74) is 14.1. The van der Waals surface area contributed by atoms with Crippen molar-refractivity contribution in [2.45, 2.75) is 0 Å². The summed E-state index contributed by atoms with van der Waals surface area (Å²) in [4.78, 5) is 14.9. The van der Waals surface area contributed by atoms with E-state index in [9.17, 15) is 0 Å². The first-order valence-electron chi connectivity index (χ1n) is 18.9. The molecule has 262 valence electrons. The predicted octanol–water partition coefficient (Wildman–Crippen LogP) is 12.7. The third-order valence-electron chi connectivity index (χ3n) is 10.9. The molecule has 0 N–H and O–H groups in total. The van der Waals surface area contributed by atoms with Crippen LogP contribution in [0.1, 0.15) is 0 Å². The lowest BCUT2D eigenvalue weighted by molar-refractivity contribution is 0.995. The number of rotatable bonds is 6. The Hall–Kier alpha value is -7.63. The van der Waals surface area contributed by atoms with E-state index in [0.717, 1.165) is 72.2 Å². The van der Waals surface area contributed by atoms with Gasteiger partial charge in [0.1, 0.15) is 0 Å². The molecule has 5 nitrogen and oxygen atoms in total. The van der Waals surface area contributed by atoms with E-state index in [2.05, 4.69) is 190 Å². The van der Waals surface area contributed by atoms with Crippen molar-refractivity contribution < 1.29 is 0 Å². The Morgan fingerprint density at radius 3 is 1.70 bits per heavy atom. The van der Waals surface area contributed by atoms with Crippen molar-refractivity contribution in [2.24, 2.45) is 0 Å². The van der Waals surface area contributed by atoms with Crippen LogP contribution in [0.5, 0.6) is 0 Å². The van der Waals surface area contributed by atoms with Gasteiger partial charge in [-0.2, -0.15) is 0 Å². The van der Waals surface area contributed by atoms with Crippen LogP contribution in [0.3, 0.4) is 0 Å². The molecule has 0 amide bonds. The van der Waals surface area contributed by atoms with E-state index in [1.165, 1.54) is 21.9 Å². The predicted molar refractivity (Wildman–Crippen MR) is 230 cm³/mol. The Balaban J connectivity index is 1.03. The summed E-state index contributed by atoms with van der Waals surface area (Å²) in [5.74, 6) is 0.645. The Labute approximate surface area is 323 Å². The molecule has 11 rings (SSSR count). The van der Waals surface area contributed by atoms with Gasteiger partial charge in [-0.05, 0) is 70.8 Å². The second kappa shape index (κ2) is 13.0. The van der Waals surface area contributed by atoms with Gasteiger partial charge in [-0.1, -0.05) is 140 Å². The van der Waals surface area contributed by atoms with Gasteiger partial charge in [0.15, 0.2) is 0 Å². The monoisotopic (exact) mass is 715 g/mol. The number of hydrogen-bond acceptors (Lipinski definition) is 3. The number of nitrogens with zero attached hydrogens (tertiary/aromatic N) is 5. The zero-order chi connectivity index (χ0) is 37.0. The molecule has 0 aliphatic heterocycles. The molecule has 0 saturated heterocycles. The molecule has 0 bridgehead atoms. The van der Waals surface area contributed by atoms with Crippen LogP contribution in [0.4, 0.5) is 0 Å². The van der Waals surface area contributed by atoms with Crippen LogP contribution in [0.25, 0.3) is 100 Å². The zero-order valence-electron chi connectivity index (χ0n) is 30.3. The minimum absolute atomic E-state index is 0.645. The maximum atomic E-state index is 5.20. The summed E-state index contributed by atoms with van der Waals surface area (Å²) < 4.78 is 4.52. The number of para-hydroxylation sites is 2. The van der Waals surface area contributed by atoms with Gasteiger partial charge in [0, 0.05) is 44.6 Å². The highest BCUT2D eigenvalue weighted by atomic mass is 15.2. The van der Waals surface area contributed by atoms with E-state index in [1.807, 2.05) is 24.5 Å². The van der Waals surface area contributed by atoms with Crippen molar-refractivity contribution in [1.82, 2.24) is 24.1 Å². The van der Waals surface area contributed by atoms with Crippen LogP contribution in [-0.4, -0.2) is 24.1 Å². The first-order chi connectivity index (χ1) is 27.8. The van der Waals surface area contributed by atoms with Crippen LogP contribution in [0.2, 0.25) is 0 Å². The highest BCUT2D eigenvalue weighted by molar-refractivity contribution is 6.15. The molecule has 11 aromatic rings. The molecule has 4 aromatic heterocycles. The van der Waals surface area contributed by atoms with E-state index in [0.29, 0.717) is 5.95 Å². The minimum Gasteiger partial charge on any atom is -0.308 e. The maximum Gasteiger partial charge on any atom is 0.235 e. The molecule has 0 saturated carbocycles. The van der Waals surface area contributed by atoms with Crippen LogP contribution >= 0.6 is 0 Å². The first-order valence-corrected chi connectivity index (χ1v) is 18.9. The zero-order valence-corrected chi connectivity index (χ0v) is 30.3. The van der Waals surface area contributed by atoms with Crippen molar-refractivity contribution in [1.29, 1.82) is 0 Å². The highest BCUT2D eigenvalue weighted by Crippen LogP contribution is 2.40. The Kier molecular flexibility index (Phi) is 7.42. The smallest absolute Gasteiger partial charge is 0.235 e. The third kappa shape index (κ3) is 5.21. The summed E-state index contributed by atoms with van der Waals surface area (Å²) in [6.07, 6.45) is 3.86. The molecule has 4 heterocycles. The van der Waals surface area contributed by atoms with Crippen molar-refractivity contribution in [2.75, 3.05) is 0 Å². The summed E-state index contributed by atoms with van der Waals surface area (Å²) in [6, 6.07) is 66.3. The summed E-state index contributed by atoms with van der Waals surface area (Å²) in [5, 5.41) is 4.73. The van der Waals surface area contributed by atoms with E-state index in [4.69, 9.17) is 9.97 Å². The standard InChI is InChI=1S/C51H33N5/c1-4-13-36(14-5-1)44-32-45(37-15-6-2-7-16-37)54-51(53-44)56-46-21-11-10-19-41(46)43-31-38(27-28-47(43)56)34-23-25-35(26-24-34)40-20-12-22-48-50(40)42-29-30-52-33-49(42)55(48)39-17-8-3-9-18-39/h1-33H. The van der Waals surface area contributed by atoms with Crippen LogP contribution in [0, 0.1) is 0 Å². The summed E-state index contributed by atoms with van der Waals surface area (Å²) in [6.45, 7) is 0. The molecule has 56 heavy (non-hydrogen) atoms. The molecular weight excluding hydrogens is 683 g/mol. The number of aromatic nitrogens is 5. The average Bonchev–Trinajstić information content (AvgIpc) is 3.80. The Bertz CT molecular complexity index is 3160. The first kappa shape index (κ1) is 31.9. The second-order valence-electron chi connectivity index (χ2n) is 14.1. The Morgan fingerprint density at radius 1 is 0.357 bits per heavy atom. The van der Waals surface area contributed by atoms with Gasteiger partial charge in [-0.25, -0.2) is 9.97 Å². The number of hydrogen-bond donors (Lipinski definition) is 0. The minimum atomic E-state index is 0.645. The van der Waals surface area contributed by atoms with E-state index >= 15 is 0 Å². The lowest BCUT2D eigenvalue weighted by atomic mass is 9.96. The fraction of sp³-hybridized carbons (Fsp3) is 0. The van der Waals surface area contributed by atoms with Gasteiger partial charge in [0.05, 0.1) is 39.7 Å². The summed E-state index contributed by atoms with van der Waals surface area (Å²) >= 11 is 0. The van der Waals surface area contributed by atoms with E-state index < -0.39 is 0 Å². The van der Waals surface area contributed by atoms with Crippen LogP contribution in [0.15, 0.2) is 200 Å². The van der Waals surface area contributed by atoms with Gasteiger partial charge in [-0.15, -0.1) is 0 Å². The molecule has 0 unspecified atom stereocenters. The molecule has 0 fully saturated rings. The maximum absolute atomic E-state index is 5.20. The molecule has 7 aromatic carbocycles. The average molecular weight is 716 g/mol. The van der Waals surface area contributed by atoms with Crippen LogP contribution < -0.4 is 0 Å². The van der Waals surface area contributed by atoms with Crippen molar-refractivity contribution >= 4 is 43.6 Å². The molecular formula is C51H33N5. The molecule has 0 aliphatic rings. The van der Waals surface area contributed by atoms with Crippen LogP contribution in [-0.2, 0) is 0 Å². The van der Waals surface area contributed by atoms with Crippen molar-refractivity contribution in [3.8, 4) is 56.4 Å². The van der Waals surface area contributed by atoms with Gasteiger partial charge in [-0.3, -0.25) is 9.55 Å². The molecule has 0 aliphatic carbocycles. The normalized spacial score (nSPS) is 11.6. The quantitative estimate of drug-likeness (QED) is 0.172. The van der Waals surface area contributed by atoms with Gasteiger partial charge in [0.25, 0.3) is 0 Å². The number of pyridine rings is 1. The van der Waals surface area contributed by atoms with Gasteiger partial charge >= 0.3 is 0 Å². The van der Waals surface area contributed by atoms with Crippen molar-refractivity contribution in [3.05, 3.63) is 200 Å². The van der Waals surface area contributed by atoms with Gasteiger partial charge < -0.3 is 4.57 Å². The largest absolute Gasteiger partial charge is 0.308 e. The molecule has 0 radical (unpaired) electrons. The molecule has 0 spiro atoms. The lowest BCUT2D eigenvalue weighted by Gasteiger charge is -2.12. The molecule has 0 atom stereocenters. The van der Waals surface area contributed by atoms with Crippen molar-refractivity contribution in [3.63, 3.8) is 0 Å². The van der Waals surface area contributed by atoms with Gasteiger partial charge in [0.2, 0.25) is 5.95 Å². The third-order valence-corrected chi connectivity index (χ3v) is 10.9. The number of benzene rings is 7. The SMILES string of the molecule is c1ccc(-c2cc(-c3ccccc3)nc(-n3c4ccccc4c4cc(-c5ccc(-c6cccc7c6c6ccncc6n7-c6ccccc6)cc5)ccc43)n2)cc1. The fourth-order valence-electron chi connectivity index (χ4n) is 8.27. The fourth-order valence-corrected chi connectivity index (χ4v) is 8.27. The van der Waals surface area contributed by atoms with E-state index in [1.54, 1.807) is 0 Å². The highest BCUT2D eigenvalue weighted by Gasteiger charge is 2.19. The topological polar surface area (TPSA) is 48.5 Å².